The molecule has 0 unspecified atom stereocenters. The Morgan fingerprint density at radius 2 is 1.68 bits per heavy atom. The zero-order valence-corrected chi connectivity index (χ0v) is 21.7. The second-order valence-corrected chi connectivity index (χ2v) is 10.1. The smallest absolute Gasteiger partial charge is 0.248 e. The highest BCUT2D eigenvalue weighted by molar-refractivity contribution is 7.85. The third-order valence-corrected chi connectivity index (χ3v) is 6.64. The minimum absolute atomic E-state index is 0.0144. The van der Waals surface area contributed by atoms with Crippen LogP contribution < -0.4 is 21.3 Å². The van der Waals surface area contributed by atoms with Gasteiger partial charge in [-0.15, -0.1) is 0 Å². The first-order valence-corrected chi connectivity index (χ1v) is 13.1. The maximum absolute atomic E-state index is 11.5. The Balaban J connectivity index is 0.000000304. The van der Waals surface area contributed by atoms with Crippen molar-refractivity contribution < 1.29 is 27.9 Å². The average molecular weight is 541 g/mol. The van der Waals surface area contributed by atoms with Crippen LogP contribution in [0.2, 0.25) is 0 Å². The van der Waals surface area contributed by atoms with Gasteiger partial charge in [-0.1, -0.05) is 18.2 Å². The van der Waals surface area contributed by atoms with Crippen LogP contribution in [0.4, 0.5) is 5.69 Å². The molecule has 0 aliphatic rings. The number of aromatic hydroxyl groups is 1. The third-order valence-electron chi connectivity index (χ3n) is 5.80. The molecule has 3 aromatic carbocycles. The molecule has 11 heteroatoms. The molecule has 4 rings (SSSR count). The number of methoxy groups -OCH3 is 1. The van der Waals surface area contributed by atoms with Crippen molar-refractivity contribution in [1.82, 2.24) is 10.3 Å². The molecule has 1 heterocycles. The number of fused-ring (bicyclic) bond motifs is 1. The molecular weight excluding hydrogens is 510 g/mol. The van der Waals surface area contributed by atoms with E-state index in [1.165, 1.54) is 42.0 Å². The number of anilines is 1. The van der Waals surface area contributed by atoms with E-state index in [-0.39, 0.29) is 22.2 Å². The molecule has 0 saturated heterocycles. The molecule has 38 heavy (non-hydrogen) atoms. The molecule has 4 aromatic rings. The number of aromatic nitrogens is 1. The minimum Gasteiger partial charge on any atom is -0.744 e. The van der Waals surface area contributed by atoms with E-state index in [4.69, 9.17) is 10.5 Å². The summed E-state index contributed by atoms with van der Waals surface area (Å²) < 4.78 is 36.2. The van der Waals surface area contributed by atoms with Gasteiger partial charge in [-0.05, 0) is 73.0 Å². The molecule has 0 aliphatic heterocycles. The maximum atomic E-state index is 11.5. The van der Waals surface area contributed by atoms with Gasteiger partial charge in [-0.2, -0.15) is 0 Å². The predicted octanol–water partition coefficient (Wildman–Crippen LogP) is 2.67. The number of nitrogens with two attached hydrogens (primary N) is 1. The van der Waals surface area contributed by atoms with Gasteiger partial charge in [0, 0.05) is 29.7 Å². The molecule has 0 bridgehead atoms. The number of benzene rings is 3. The van der Waals surface area contributed by atoms with Crippen molar-refractivity contribution >= 4 is 26.7 Å². The van der Waals surface area contributed by atoms with E-state index in [0.29, 0.717) is 28.7 Å². The Morgan fingerprint density at radius 3 is 2.29 bits per heavy atom. The number of H-pyrrole nitrogens is 1. The van der Waals surface area contributed by atoms with Gasteiger partial charge in [0.2, 0.25) is 5.56 Å². The van der Waals surface area contributed by atoms with Gasteiger partial charge in [-0.25, -0.2) is 8.42 Å². The SMILES string of the molecule is COc1ccc(C[C@@H](C)NC[C@H](O)c2ccc(O)c3[nH]c(=O)ccc23)cc1.Nc1ccc(S(=O)(=O)[O-])cc1. The second-order valence-electron chi connectivity index (χ2n) is 8.69. The molecule has 0 spiro atoms. The van der Waals surface area contributed by atoms with Crippen molar-refractivity contribution in [2.24, 2.45) is 0 Å². The van der Waals surface area contributed by atoms with Crippen LogP contribution in [0.1, 0.15) is 24.2 Å². The number of hydrogen-bond acceptors (Lipinski definition) is 9. The molecule has 0 saturated carbocycles. The fourth-order valence-electron chi connectivity index (χ4n) is 3.79. The van der Waals surface area contributed by atoms with Crippen LogP contribution in [0, 0.1) is 0 Å². The molecular formula is C27H30N3O7S-. The normalized spacial score (nSPS) is 12.8. The number of nitrogen functional groups attached to an aromatic ring is 1. The molecule has 10 nitrogen and oxygen atoms in total. The summed E-state index contributed by atoms with van der Waals surface area (Å²) in [5.41, 5.74) is 7.58. The van der Waals surface area contributed by atoms with Crippen LogP contribution in [-0.2, 0) is 16.5 Å². The van der Waals surface area contributed by atoms with Crippen LogP contribution in [0.3, 0.4) is 0 Å². The number of ether oxygens (including phenoxy) is 1. The van der Waals surface area contributed by atoms with E-state index < -0.39 is 16.2 Å². The lowest BCUT2D eigenvalue weighted by Crippen LogP contribution is -2.32. The monoisotopic (exact) mass is 540 g/mol. The first-order valence-electron chi connectivity index (χ1n) is 11.7. The minimum atomic E-state index is -4.33. The van der Waals surface area contributed by atoms with Gasteiger partial charge in [0.15, 0.2) is 0 Å². The average Bonchev–Trinajstić information content (AvgIpc) is 2.88. The number of phenolic OH excluding ortho intramolecular Hbond substituents is 1. The number of phenols is 1. The number of aliphatic hydroxyl groups excluding tert-OH is 1. The van der Waals surface area contributed by atoms with Crippen LogP contribution in [0.15, 0.2) is 82.5 Å². The molecule has 1 aromatic heterocycles. The summed E-state index contributed by atoms with van der Waals surface area (Å²) in [6, 6.07) is 19.3. The number of pyridine rings is 1. The van der Waals surface area contributed by atoms with Gasteiger partial charge < -0.3 is 35.5 Å². The van der Waals surface area contributed by atoms with Crippen LogP contribution in [-0.4, -0.2) is 47.9 Å². The summed E-state index contributed by atoms with van der Waals surface area (Å²) in [7, 11) is -2.68. The van der Waals surface area contributed by atoms with E-state index >= 15 is 0 Å². The molecule has 0 radical (unpaired) electrons. The van der Waals surface area contributed by atoms with E-state index in [9.17, 15) is 28.0 Å². The van der Waals surface area contributed by atoms with Crippen molar-refractivity contribution in [3.8, 4) is 11.5 Å². The lowest BCUT2D eigenvalue weighted by atomic mass is 10.0. The number of aromatic amines is 1. The Bertz CT molecular complexity index is 1520. The summed E-state index contributed by atoms with van der Waals surface area (Å²) in [4.78, 5) is 13.9. The van der Waals surface area contributed by atoms with Gasteiger partial charge in [0.25, 0.3) is 0 Å². The summed E-state index contributed by atoms with van der Waals surface area (Å²) in [5.74, 6) is 0.812. The summed E-state index contributed by atoms with van der Waals surface area (Å²) in [6.07, 6.45) is 0.0534. The van der Waals surface area contributed by atoms with Crippen molar-refractivity contribution in [2.45, 2.75) is 30.4 Å². The molecule has 0 amide bonds. The first-order chi connectivity index (χ1) is 18.0. The van der Waals surface area contributed by atoms with Gasteiger partial charge >= 0.3 is 0 Å². The lowest BCUT2D eigenvalue weighted by Gasteiger charge is -2.19. The summed E-state index contributed by atoms with van der Waals surface area (Å²) in [6.45, 7) is 2.42. The quantitative estimate of drug-likeness (QED) is 0.166. The zero-order chi connectivity index (χ0) is 27.9. The van der Waals surface area contributed by atoms with Crippen molar-refractivity contribution in [2.75, 3.05) is 19.4 Å². The Labute approximate surface area is 220 Å². The van der Waals surface area contributed by atoms with Gasteiger partial charge in [0.1, 0.15) is 21.6 Å². The highest BCUT2D eigenvalue weighted by atomic mass is 32.2. The van der Waals surface area contributed by atoms with Crippen molar-refractivity contribution in [3.63, 3.8) is 0 Å². The molecule has 0 fully saturated rings. The molecule has 2 atom stereocenters. The van der Waals surface area contributed by atoms with Gasteiger partial charge in [-0.3, -0.25) is 4.79 Å². The fourth-order valence-corrected chi connectivity index (χ4v) is 4.26. The first kappa shape index (κ1) is 28.7. The predicted molar refractivity (Wildman–Crippen MR) is 144 cm³/mol. The highest BCUT2D eigenvalue weighted by Crippen LogP contribution is 2.28. The van der Waals surface area contributed by atoms with E-state index in [1.54, 1.807) is 19.2 Å². The van der Waals surface area contributed by atoms with Crippen LogP contribution in [0.5, 0.6) is 11.5 Å². The van der Waals surface area contributed by atoms with Crippen molar-refractivity contribution in [3.05, 3.63) is 94.3 Å². The number of nitrogens with one attached hydrogen (secondary N) is 2. The zero-order valence-electron chi connectivity index (χ0n) is 20.9. The maximum Gasteiger partial charge on any atom is 0.248 e. The fraction of sp³-hybridized carbons (Fsp3) is 0.222. The Morgan fingerprint density at radius 1 is 1.03 bits per heavy atom. The second kappa shape index (κ2) is 12.6. The van der Waals surface area contributed by atoms with Crippen LogP contribution >= 0.6 is 0 Å². The largest absolute Gasteiger partial charge is 0.744 e. The standard InChI is InChI=1S/C21H24N2O4.C6H7NO3S/c1-13(11-14-3-5-15(27-2)6-4-14)22-12-19(25)16-7-9-18(24)21-17(16)8-10-20(26)23-21;7-5-1-3-6(4-2-5)11(8,9)10/h3-10,13,19,22,24-25H,11-12H2,1-2H3,(H,23,26);1-4H,7H2,(H,8,9,10)/p-1/t13-,19+;/m1./s1. The van der Waals surface area contributed by atoms with E-state index in [2.05, 4.69) is 17.2 Å². The summed E-state index contributed by atoms with van der Waals surface area (Å²) in [5, 5.41) is 24.5. The Kier molecular flexibility index (Phi) is 9.48. The third kappa shape index (κ3) is 7.80. The lowest BCUT2D eigenvalue weighted by molar-refractivity contribution is 0.172. The molecule has 6 N–H and O–H groups in total. The number of hydrogen-bond donors (Lipinski definition) is 5. The van der Waals surface area contributed by atoms with E-state index in [0.717, 1.165) is 12.2 Å². The number of rotatable bonds is 8. The Hall–Kier alpha value is -3.90. The summed E-state index contributed by atoms with van der Waals surface area (Å²) >= 11 is 0. The number of aliphatic hydroxyl groups is 1. The topological polar surface area (TPSA) is 178 Å². The molecule has 202 valence electrons. The van der Waals surface area contributed by atoms with Crippen LogP contribution in [0.25, 0.3) is 10.9 Å². The van der Waals surface area contributed by atoms with Gasteiger partial charge in [0.05, 0.1) is 23.6 Å². The highest BCUT2D eigenvalue weighted by Gasteiger charge is 2.15. The van der Waals surface area contributed by atoms with E-state index in [1.807, 2.05) is 24.3 Å². The van der Waals surface area contributed by atoms with Crippen molar-refractivity contribution in [1.29, 1.82) is 0 Å². The molecule has 0 aliphatic carbocycles.